The number of amides is 1. The summed E-state index contributed by atoms with van der Waals surface area (Å²) in [5.74, 6) is 0.323. The summed E-state index contributed by atoms with van der Waals surface area (Å²) in [6.45, 7) is 2.45. The van der Waals surface area contributed by atoms with Gasteiger partial charge in [0, 0.05) is 24.8 Å². The van der Waals surface area contributed by atoms with E-state index in [-0.39, 0.29) is 17.7 Å². The summed E-state index contributed by atoms with van der Waals surface area (Å²) >= 11 is 0. The molecule has 0 unspecified atom stereocenters. The fourth-order valence-corrected chi connectivity index (χ4v) is 2.60. The molecule has 0 aliphatic carbocycles. The van der Waals surface area contributed by atoms with Gasteiger partial charge in [-0.1, -0.05) is 0 Å². The highest BCUT2D eigenvalue weighted by atomic mass is 32.2. The number of hydrogen-bond acceptors (Lipinski definition) is 3. The molecule has 1 saturated heterocycles. The Kier molecular flexibility index (Phi) is 2.41. The van der Waals surface area contributed by atoms with Gasteiger partial charge in [0.25, 0.3) is 0 Å². The molecule has 1 fully saturated rings. The number of carbonyl (C=O) groups excluding carboxylic acids is 1. The molecule has 0 aromatic rings. The van der Waals surface area contributed by atoms with Crippen molar-refractivity contribution in [1.29, 1.82) is 0 Å². The molecular weight excluding hydrogens is 178 g/mol. The summed E-state index contributed by atoms with van der Waals surface area (Å²) in [7, 11) is -2.89. The fraction of sp³-hybridized carbons (Fsp3) is 0.857. The van der Waals surface area contributed by atoms with Gasteiger partial charge in [-0.3, -0.25) is 4.79 Å². The summed E-state index contributed by atoms with van der Waals surface area (Å²) in [6.07, 6.45) is 1.99. The molecular formula is C7H13NO3S. The van der Waals surface area contributed by atoms with Crippen molar-refractivity contribution in [1.82, 2.24) is 4.90 Å². The van der Waals surface area contributed by atoms with Crippen LogP contribution < -0.4 is 0 Å². The van der Waals surface area contributed by atoms with Crippen LogP contribution in [-0.2, 0) is 14.6 Å². The Morgan fingerprint density at radius 1 is 1.58 bits per heavy atom. The van der Waals surface area contributed by atoms with E-state index in [9.17, 15) is 13.2 Å². The van der Waals surface area contributed by atoms with Gasteiger partial charge in [0.2, 0.25) is 6.41 Å². The summed E-state index contributed by atoms with van der Waals surface area (Å²) in [5.41, 5.74) is 0. The van der Waals surface area contributed by atoms with Gasteiger partial charge in [-0.2, -0.15) is 0 Å². The molecule has 1 aliphatic rings. The van der Waals surface area contributed by atoms with Gasteiger partial charge in [-0.25, -0.2) is 8.42 Å². The summed E-state index contributed by atoms with van der Waals surface area (Å²) < 4.78 is 21.7. The smallest absolute Gasteiger partial charge is 0.209 e. The van der Waals surface area contributed by atoms with Crippen LogP contribution in [0.3, 0.4) is 0 Å². The number of hydrogen-bond donors (Lipinski definition) is 0. The molecule has 0 N–H and O–H groups in total. The topological polar surface area (TPSA) is 54.5 Å². The quantitative estimate of drug-likeness (QED) is 0.565. The average molecular weight is 191 g/mol. The standard InChI is InChI=1S/C7H13NO3S/c1-6-7(3-8(6)5-9)4-12(2,10)11/h5-7H,3-4H2,1-2H3/t6-,7+/m1/s1. The van der Waals surface area contributed by atoms with E-state index in [0.29, 0.717) is 6.54 Å². The van der Waals surface area contributed by atoms with Crippen LogP contribution >= 0.6 is 0 Å². The van der Waals surface area contributed by atoms with Gasteiger partial charge in [-0.15, -0.1) is 0 Å². The van der Waals surface area contributed by atoms with Gasteiger partial charge < -0.3 is 4.90 Å². The van der Waals surface area contributed by atoms with Crippen molar-refractivity contribution in [2.24, 2.45) is 5.92 Å². The lowest BCUT2D eigenvalue weighted by Gasteiger charge is -2.43. The highest BCUT2D eigenvalue weighted by Gasteiger charge is 2.36. The first-order chi connectivity index (χ1) is 5.44. The monoisotopic (exact) mass is 191 g/mol. The average Bonchev–Trinajstić information content (AvgIpc) is 1.94. The van der Waals surface area contributed by atoms with E-state index in [1.54, 1.807) is 4.90 Å². The molecule has 70 valence electrons. The number of likely N-dealkylation sites (tertiary alicyclic amines) is 1. The van der Waals surface area contributed by atoms with Crippen molar-refractivity contribution in [3.8, 4) is 0 Å². The van der Waals surface area contributed by atoms with Gasteiger partial charge >= 0.3 is 0 Å². The number of nitrogens with zero attached hydrogens (tertiary/aromatic N) is 1. The molecule has 12 heavy (non-hydrogen) atoms. The highest BCUT2D eigenvalue weighted by Crippen LogP contribution is 2.23. The fourth-order valence-electron chi connectivity index (χ4n) is 1.44. The van der Waals surface area contributed by atoms with Crippen molar-refractivity contribution in [3.05, 3.63) is 0 Å². The minimum Gasteiger partial charge on any atom is -0.342 e. The first kappa shape index (κ1) is 9.51. The van der Waals surface area contributed by atoms with Crippen LogP contribution in [0, 0.1) is 5.92 Å². The molecule has 0 spiro atoms. The Hall–Kier alpha value is -0.580. The van der Waals surface area contributed by atoms with E-state index in [0.717, 1.165) is 6.41 Å². The van der Waals surface area contributed by atoms with Gasteiger partial charge in [0.15, 0.2) is 0 Å². The molecule has 0 saturated carbocycles. The Bertz CT molecular complexity index is 272. The largest absolute Gasteiger partial charge is 0.342 e. The zero-order valence-corrected chi connectivity index (χ0v) is 8.04. The Morgan fingerprint density at radius 2 is 2.17 bits per heavy atom. The predicted molar refractivity (Wildman–Crippen MR) is 45.4 cm³/mol. The second-order valence-corrected chi connectivity index (χ2v) is 5.58. The van der Waals surface area contributed by atoms with E-state index in [2.05, 4.69) is 0 Å². The SMILES string of the molecule is C[C@@H]1[C@H](CS(C)(=O)=O)CN1C=O. The van der Waals surface area contributed by atoms with Crippen LogP contribution in [0.2, 0.25) is 0 Å². The zero-order chi connectivity index (χ0) is 9.35. The van der Waals surface area contributed by atoms with Crippen LogP contribution in [-0.4, -0.2) is 44.3 Å². The molecule has 0 bridgehead atoms. The second-order valence-electron chi connectivity index (χ2n) is 3.40. The minimum atomic E-state index is -2.89. The maximum Gasteiger partial charge on any atom is 0.209 e. The van der Waals surface area contributed by atoms with Crippen LogP contribution in [0.15, 0.2) is 0 Å². The third-order valence-corrected chi connectivity index (χ3v) is 3.34. The van der Waals surface area contributed by atoms with Crippen LogP contribution in [0.5, 0.6) is 0 Å². The summed E-state index contributed by atoms with van der Waals surface area (Å²) in [5, 5.41) is 0. The van der Waals surface area contributed by atoms with Crippen molar-refractivity contribution in [2.75, 3.05) is 18.6 Å². The van der Waals surface area contributed by atoms with E-state index in [4.69, 9.17) is 0 Å². The van der Waals surface area contributed by atoms with Crippen LogP contribution in [0.25, 0.3) is 0 Å². The Balaban J connectivity index is 2.46. The lowest BCUT2D eigenvalue weighted by molar-refractivity contribution is -0.127. The molecule has 0 aromatic heterocycles. The first-order valence-corrected chi connectivity index (χ1v) is 5.89. The van der Waals surface area contributed by atoms with E-state index < -0.39 is 9.84 Å². The van der Waals surface area contributed by atoms with E-state index in [1.807, 2.05) is 6.92 Å². The molecule has 0 radical (unpaired) electrons. The molecule has 0 aromatic carbocycles. The molecule has 2 atom stereocenters. The van der Waals surface area contributed by atoms with Crippen molar-refractivity contribution < 1.29 is 13.2 Å². The van der Waals surface area contributed by atoms with Crippen molar-refractivity contribution >= 4 is 16.2 Å². The molecule has 4 nitrogen and oxygen atoms in total. The first-order valence-electron chi connectivity index (χ1n) is 3.83. The number of sulfone groups is 1. The van der Waals surface area contributed by atoms with Gasteiger partial charge in [0.05, 0.1) is 5.75 Å². The maximum atomic E-state index is 10.9. The van der Waals surface area contributed by atoms with E-state index in [1.165, 1.54) is 6.26 Å². The molecule has 1 heterocycles. The lowest BCUT2D eigenvalue weighted by atomic mass is 9.93. The van der Waals surface area contributed by atoms with Crippen molar-refractivity contribution in [2.45, 2.75) is 13.0 Å². The minimum absolute atomic E-state index is 0.0808. The van der Waals surface area contributed by atoms with Crippen LogP contribution in [0.1, 0.15) is 6.92 Å². The van der Waals surface area contributed by atoms with Gasteiger partial charge in [-0.05, 0) is 6.92 Å². The van der Waals surface area contributed by atoms with Gasteiger partial charge in [0.1, 0.15) is 9.84 Å². The highest BCUT2D eigenvalue weighted by molar-refractivity contribution is 7.90. The van der Waals surface area contributed by atoms with Crippen LogP contribution in [0.4, 0.5) is 0 Å². The predicted octanol–water partition coefficient (Wildman–Crippen LogP) is -0.492. The zero-order valence-electron chi connectivity index (χ0n) is 7.23. The lowest BCUT2D eigenvalue weighted by Crippen LogP contribution is -2.55. The molecule has 1 amide bonds. The number of carbonyl (C=O) groups is 1. The summed E-state index contributed by atoms with van der Waals surface area (Å²) in [4.78, 5) is 11.9. The third-order valence-electron chi connectivity index (χ3n) is 2.30. The van der Waals surface area contributed by atoms with Crippen molar-refractivity contribution in [3.63, 3.8) is 0 Å². The molecule has 1 rings (SSSR count). The van der Waals surface area contributed by atoms with E-state index >= 15 is 0 Å². The normalized spacial score (nSPS) is 29.7. The summed E-state index contributed by atoms with van der Waals surface area (Å²) in [6, 6.07) is 0.0808. The molecule has 5 heteroatoms. The molecule has 1 aliphatic heterocycles. The number of rotatable bonds is 3. The Morgan fingerprint density at radius 3 is 2.50 bits per heavy atom. The maximum absolute atomic E-state index is 10.9. The second kappa shape index (κ2) is 3.05. The third kappa shape index (κ3) is 1.97. The Labute approximate surface area is 72.5 Å².